The molecule has 0 aliphatic heterocycles. The van der Waals surface area contributed by atoms with Gasteiger partial charge in [-0.05, 0) is 31.7 Å². The van der Waals surface area contributed by atoms with E-state index < -0.39 is 0 Å². The van der Waals surface area contributed by atoms with Crippen molar-refractivity contribution in [3.8, 4) is 0 Å². The topological polar surface area (TPSA) is 55.0 Å². The molecular weight excluding hydrogens is 304 g/mol. The lowest BCUT2D eigenvalue weighted by molar-refractivity contribution is 0.310. The van der Waals surface area contributed by atoms with Crippen LogP contribution in [0.3, 0.4) is 0 Å². The standard InChI is InChI=1S/C14H17BrN4/c1-10-7-13(16)18-14(17-10)9-19(2)8-11-3-5-12(15)6-4-11/h3-7H,8-9H2,1-2H3,(H2,16,17,18). The second-order valence-corrected chi connectivity index (χ2v) is 5.56. The van der Waals surface area contributed by atoms with Crippen molar-refractivity contribution in [1.82, 2.24) is 14.9 Å². The maximum atomic E-state index is 5.73. The molecule has 0 radical (unpaired) electrons. The molecule has 0 aliphatic carbocycles. The van der Waals surface area contributed by atoms with Crippen LogP contribution in [0, 0.1) is 6.92 Å². The fraction of sp³-hybridized carbons (Fsp3) is 0.286. The summed E-state index contributed by atoms with van der Waals surface area (Å²) in [4.78, 5) is 10.8. The Labute approximate surface area is 121 Å². The zero-order valence-electron chi connectivity index (χ0n) is 11.1. The number of nitrogens with two attached hydrogens (primary N) is 1. The number of nitrogens with zero attached hydrogens (tertiary/aromatic N) is 3. The van der Waals surface area contributed by atoms with Crippen LogP contribution >= 0.6 is 15.9 Å². The molecule has 1 heterocycles. The Balaban J connectivity index is 2.00. The van der Waals surface area contributed by atoms with E-state index in [1.807, 2.05) is 26.1 Å². The smallest absolute Gasteiger partial charge is 0.144 e. The molecule has 0 fully saturated rings. The van der Waals surface area contributed by atoms with Crippen LogP contribution in [0.4, 0.5) is 5.82 Å². The van der Waals surface area contributed by atoms with Gasteiger partial charge in [-0.3, -0.25) is 4.90 Å². The second kappa shape index (κ2) is 6.12. The molecule has 100 valence electrons. The van der Waals surface area contributed by atoms with E-state index in [1.165, 1.54) is 5.56 Å². The highest BCUT2D eigenvalue weighted by molar-refractivity contribution is 9.10. The Morgan fingerprint density at radius 2 is 1.84 bits per heavy atom. The van der Waals surface area contributed by atoms with E-state index in [2.05, 4.69) is 42.9 Å². The third-order valence-electron chi connectivity index (χ3n) is 2.70. The predicted octanol–water partition coefficient (Wildman–Crippen LogP) is 2.76. The van der Waals surface area contributed by atoms with Crippen molar-refractivity contribution >= 4 is 21.7 Å². The normalized spacial score (nSPS) is 10.9. The van der Waals surface area contributed by atoms with Crippen molar-refractivity contribution < 1.29 is 0 Å². The molecule has 0 unspecified atom stereocenters. The summed E-state index contributed by atoms with van der Waals surface area (Å²) in [6.07, 6.45) is 0. The minimum absolute atomic E-state index is 0.527. The molecular formula is C14H17BrN4. The molecule has 1 aromatic heterocycles. The molecule has 19 heavy (non-hydrogen) atoms. The van der Waals surface area contributed by atoms with Crippen LogP contribution in [-0.2, 0) is 13.1 Å². The van der Waals surface area contributed by atoms with Crippen molar-refractivity contribution in [2.24, 2.45) is 0 Å². The van der Waals surface area contributed by atoms with Crippen LogP contribution in [0.2, 0.25) is 0 Å². The zero-order chi connectivity index (χ0) is 13.8. The number of benzene rings is 1. The number of rotatable bonds is 4. The summed E-state index contributed by atoms with van der Waals surface area (Å²) in [5.74, 6) is 1.29. The maximum absolute atomic E-state index is 5.73. The average molecular weight is 321 g/mol. The molecule has 5 heteroatoms. The molecule has 1 aromatic carbocycles. The molecule has 0 bridgehead atoms. The number of hydrogen-bond acceptors (Lipinski definition) is 4. The average Bonchev–Trinajstić information content (AvgIpc) is 2.30. The fourth-order valence-corrected chi connectivity index (χ4v) is 2.19. The van der Waals surface area contributed by atoms with Crippen LogP contribution in [0.1, 0.15) is 17.1 Å². The summed E-state index contributed by atoms with van der Waals surface area (Å²) in [5, 5.41) is 0. The largest absolute Gasteiger partial charge is 0.384 e. The summed E-state index contributed by atoms with van der Waals surface area (Å²) in [6, 6.07) is 10.1. The van der Waals surface area contributed by atoms with Gasteiger partial charge in [0, 0.05) is 22.8 Å². The fourth-order valence-electron chi connectivity index (χ4n) is 1.93. The van der Waals surface area contributed by atoms with Gasteiger partial charge < -0.3 is 5.73 Å². The van der Waals surface area contributed by atoms with Gasteiger partial charge in [0.2, 0.25) is 0 Å². The molecule has 0 atom stereocenters. The van der Waals surface area contributed by atoms with E-state index in [0.717, 1.165) is 22.5 Å². The molecule has 2 aromatic rings. The summed E-state index contributed by atoms with van der Waals surface area (Å²) >= 11 is 3.43. The minimum Gasteiger partial charge on any atom is -0.384 e. The highest BCUT2D eigenvalue weighted by Crippen LogP contribution is 2.12. The first-order valence-corrected chi connectivity index (χ1v) is 6.85. The van der Waals surface area contributed by atoms with Crippen LogP contribution in [0.15, 0.2) is 34.8 Å². The van der Waals surface area contributed by atoms with Gasteiger partial charge >= 0.3 is 0 Å². The lowest BCUT2D eigenvalue weighted by Gasteiger charge is -2.16. The lowest BCUT2D eigenvalue weighted by Crippen LogP contribution is -2.19. The summed E-state index contributed by atoms with van der Waals surface area (Å²) < 4.78 is 1.09. The van der Waals surface area contributed by atoms with Gasteiger partial charge in [0.05, 0.1) is 6.54 Å². The molecule has 0 aliphatic rings. The number of halogens is 1. The first-order valence-electron chi connectivity index (χ1n) is 6.06. The Morgan fingerprint density at radius 1 is 1.16 bits per heavy atom. The first kappa shape index (κ1) is 14.0. The van der Waals surface area contributed by atoms with Gasteiger partial charge in [-0.2, -0.15) is 0 Å². The number of aromatic nitrogens is 2. The van der Waals surface area contributed by atoms with E-state index in [-0.39, 0.29) is 0 Å². The highest BCUT2D eigenvalue weighted by atomic mass is 79.9. The lowest BCUT2D eigenvalue weighted by atomic mass is 10.2. The van der Waals surface area contributed by atoms with Crippen molar-refractivity contribution in [3.63, 3.8) is 0 Å². The molecule has 0 spiro atoms. The molecule has 0 saturated heterocycles. The van der Waals surface area contributed by atoms with Crippen molar-refractivity contribution in [2.75, 3.05) is 12.8 Å². The Hall–Kier alpha value is -1.46. The number of nitrogen functional groups attached to an aromatic ring is 1. The van der Waals surface area contributed by atoms with Crippen molar-refractivity contribution in [2.45, 2.75) is 20.0 Å². The van der Waals surface area contributed by atoms with E-state index in [1.54, 1.807) is 6.07 Å². The number of aryl methyl sites for hydroxylation is 1. The van der Waals surface area contributed by atoms with Crippen LogP contribution in [0.25, 0.3) is 0 Å². The summed E-state index contributed by atoms with van der Waals surface area (Å²) in [6.45, 7) is 3.46. The third kappa shape index (κ3) is 4.29. The molecule has 2 rings (SSSR count). The SMILES string of the molecule is Cc1cc(N)nc(CN(C)Cc2ccc(Br)cc2)n1. The van der Waals surface area contributed by atoms with Gasteiger partial charge in [-0.1, -0.05) is 28.1 Å². The number of anilines is 1. The van der Waals surface area contributed by atoms with Crippen LogP contribution in [-0.4, -0.2) is 21.9 Å². The van der Waals surface area contributed by atoms with Gasteiger partial charge in [0.1, 0.15) is 11.6 Å². The molecule has 2 N–H and O–H groups in total. The Morgan fingerprint density at radius 3 is 2.47 bits per heavy atom. The summed E-state index contributed by atoms with van der Waals surface area (Å²) in [7, 11) is 2.05. The third-order valence-corrected chi connectivity index (χ3v) is 3.23. The Kier molecular flexibility index (Phi) is 4.50. The summed E-state index contributed by atoms with van der Waals surface area (Å²) in [5.41, 5.74) is 7.89. The van der Waals surface area contributed by atoms with E-state index >= 15 is 0 Å². The van der Waals surface area contributed by atoms with Gasteiger partial charge in [-0.15, -0.1) is 0 Å². The van der Waals surface area contributed by atoms with Crippen molar-refractivity contribution in [3.05, 3.63) is 51.9 Å². The van der Waals surface area contributed by atoms with Crippen LogP contribution < -0.4 is 5.73 Å². The Bertz CT molecular complexity index is 534. The van der Waals surface area contributed by atoms with Gasteiger partial charge in [-0.25, -0.2) is 9.97 Å². The first-order chi connectivity index (χ1) is 9.02. The van der Waals surface area contributed by atoms with Gasteiger partial charge in [0.25, 0.3) is 0 Å². The minimum atomic E-state index is 0.527. The van der Waals surface area contributed by atoms with Gasteiger partial charge in [0.15, 0.2) is 0 Å². The second-order valence-electron chi connectivity index (χ2n) is 4.65. The highest BCUT2D eigenvalue weighted by Gasteiger charge is 2.05. The predicted molar refractivity (Wildman–Crippen MR) is 80.5 cm³/mol. The monoisotopic (exact) mass is 320 g/mol. The van der Waals surface area contributed by atoms with E-state index in [9.17, 15) is 0 Å². The van der Waals surface area contributed by atoms with Crippen molar-refractivity contribution in [1.29, 1.82) is 0 Å². The van der Waals surface area contributed by atoms with E-state index in [0.29, 0.717) is 12.4 Å². The number of hydrogen-bond donors (Lipinski definition) is 1. The van der Waals surface area contributed by atoms with Crippen LogP contribution in [0.5, 0.6) is 0 Å². The molecule has 0 saturated carbocycles. The van der Waals surface area contributed by atoms with E-state index in [4.69, 9.17) is 5.73 Å². The molecule has 4 nitrogen and oxygen atoms in total. The quantitative estimate of drug-likeness (QED) is 0.941. The molecule has 0 amide bonds. The maximum Gasteiger partial charge on any atom is 0.144 e. The zero-order valence-corrected chi connectivity index (χ0v) is 12.7.